The number of aromatic nitrogens is 4. The van der Waals surface area contributed by atoms with Crippen LogP contribution in [-0.4, -0.2) is 18.8 Å². The van der Waals surface area contributed by atoms with Gasteiger partial charge in [-0.1, -0.05) is 60.7 Å². The van der Waals surface area contributed by atoms with Crippen molar-refractivity contribution in [3.05, 3.63) is 130 Å². The number of hydrogen-bond donors (Lipinski definition) is 0. The molecule has 42 heavy (non-hydrogen) atoms. The van der Waals surface area contributed by atoms with Crippen molar-refractivity contribution in [2.75, 3.05) is 0 Å². The van der Waals surface area contributed by atoms with E-state index in [-0.39, 0.29) is 11.1 Å². The monoisotopic (exact) mass is 538 g/mol. The molecule has 0 aliphatic heterocycles. The van der Waals surface area contributed by atoms with E-state index in [1.165, 1.54) is 0 Å². The zero-order valence-electron chi connectivity index (χ0n) is 22.0. The minimum Gasteiger partial charge on any atom is -0.268 e. The number of nitrogens with zero attached hydrogens (tertiary/aromatic N) is 4. The smallest absolute Gasteiger partial charge is 0.264 e. The van der Waals surface area contributed by atoms with E-state index in [9.17, 15) is 9.59 Å². The Morgan fingerprint density at radius 3 is 1.81 bits per heavy atom. The summed E-state index contributed by atoms with van der Waals surface area (Å²) in [6.45, 7) is 0. The number of para-hydroxylation sites is 4. The Bertz CT molecular complexity index is 2900. The summed E-state index contributed by atoms with van der Waals surface area (Å²) in [5.41, 5.74) is 6.24. The van der Waals surface area contributed by atoms with Crippen LogP contribution in [0.25, 0.3) is 87.6 Å². The maximum atomic E-state index is 14.1. The van der Waals surface area contributed by atoms with Gasteiger partial charge in [-0.3, -0.25) is 18.4 Å². The van der Waals surface area contributed by atoms with E-state index in [0.29, 0.717) is 22.1 Å². The van der Waals surface area contributed by atoms with E-state index in [2.05, 4.69) is 30.3 Å². The minimum atomic E-state index is -0.0872. The number of rotatable bonds is 1. The largest absolute Gasteiger partial charge is 0.268 e. The molecule has 0 fully saturated rings. The number of fused-ring (bicyclic) bond motifs is 8. The second-order valence-electron chi connectivity index (χ2n) is 10.9. The number of hydrogen-bond acceptors (Lipinski definition) is 4. The van der Waals surface area contributed by atoms with Crippen LogP contribution in [0.2, 0.25) is 0 Å². The lowest BCUT2D eigenvalue weighted by atomic mass is 9.91. The van der Waals surface area contributed by atoms with Crippen LogP contribution in [0, 0.1) is 0 Å². The molecule has 0 aliphatic carbocycles. The first-order valence-corrected chi connectivity index (χ1v) is 13.9. The molecule has 10 aromatic rings. The molecule has 10 rings (SSSR count). The lowest BCUT2D eigenvalue weighted by Gasteiger charge is -2.14. The van der Waals surface area contributed by atoms with Crippen molar-refractivity contribution in [2.24, 2.45) is 0 Å². The zero-order valence-corrected chi connectivity index (χ0v) is 22.0. The van der Waals surface area contributed by atoms with Crippen molar-refractivity contribution in [1.82, 2.24) is 18.8 Å². The SMILES string of the molecule is O=c1c2cc(-c3ccc4c5c3cccc5c(=O)n3c5ccccc5nc43)cc3cccc(c32)c2nc3ccccc3n12. The van der Waals surface area contributed by atoms with Gasteiger partial charge in [-0.15, -0.1) is 0 Å². The van der Waals surface area contributed by atoms with Crippen LogP contribution in [-0.2, 0) is 0 Å². The highest BCUT2D eigenvalue weighted by Crippen LogP contribution is 2.39. The normalized spacial score (nSPS) is 12.5. The van der Waals surface area contributed by atoms with Gasteiger partial charge in [-0.25, -0.2) is 9.97 Å². The molecule has 6 nitrogen and oxygen atoms in total. The van der Waals surface area contributed by atoms with E-state index >= 15 is 0 Å². The molecule has 0 bridgehead atoms. The maximum absolute atomic E-state index is 14.1. The Balaban J connectivity index is 1.35. The van der Waals surface area contributed by atoms with E-state index in [1.54, 1.807) is 8.80 Å². The molecule has 4 aromatic heterocycles. The number of pyridine rings is 2. The molecule has 0 N–H and O–H groups in total. The highest BCUT2D eigenvalue weighted by Gasteiger charge is 2.20. The van der Waals surface area contributed by atoms with Crippen LogP contribution in [0.5, 0.6) is 0 Å². The van der Waals surface area contributed by atoms with E-state index in [0.717, 1.165) is 65.5 Å². The van der Waals surface area contributed by atoms with Gasteiger partial charge in [-0.2, -0.15) is 0 Å². The van der Waals surface area contributed by atoms with E-state index in [4.69, 9.17) is 9.97 Å². The van der Waals surface area contributed by atoms with Crippen LogP contribution in [0.15, 0.2) is 119 Å². The topological polar surface area (TPSA) is 68.7 Å². The molecule has 0 amide bonds. The quantitative estimate of drug-likeness (QED) is 0.222. The van der Waals surface area contributed by atoms with Gasteiger partial charge < -0.3 is 0 Å². The van der Waals surface area contributed by atoms with Crippen molar-refractivity contribution in [2.45, 2.75) is 0 Å². The molecular weight excluding hydrogens is 520 g/mol. The number of benzene rings is 6. The predicted molar refractivity (Wildman–Crippen MR) is 169 cm³/mol. The van der Waals surface area contributed by atoms with Crippen LogP contribution < -0.4 is 11.1 Å². The van der Waals surface area contributed by atoms with Crippen LogP contribution in [0.4, 0.5) is 0 Å². The maximum Gasteiger partial charge on any atom is 0.264 e. The molecule has 0 aliphatic rings. The summed E-state index contributed by atoms with van der Waals surface area (Å²) in [5, 5.41) is 6.91. The molecule has 0 atom stereocenters. The molecule has 194 valence electrons. The van der Waals surface area contributed by atoms with Gasteiger partial charge in [0.05, 0.1) is 22.1 Å². The standard InChI is InChI=1S/C36H18N4O2/c41-35-25-10-6-8-22-21(15-16-24(32(22)25)34-38-27-11-1-3-13-29(27)39(34)35)20-17-19-7-5-9-23-31(19)26(18-20)36(42)40-30-14-4-2-12-28(30)37-33(23)40/h1-18H. The van der Waals surface area contributed by atoms with Gasteiger partial charge in [0, 0.05) is 32.3 Å². The van der Waals surface area contributed by atoms with Crippen molar-refractivity contribution >= 4 is 76.5 Å². The third-order valence-corrected chi connectivity index (χ3v) is 8.80. The summed E-state index contributed by atoms with van der Waals surface area (Å²) in [5.74, 6) is 0. The highest BCUT2D eigenvalue weighted by atomic mass is 16.1. The predicted octanol–water partition coefficient (Wildman–Crippen LogP) is 7.16. The minimum absolute atomic E-state index is 0.0816. The Kier molecular flexibility index (Phi) is 3.88. The van der Waals surface area contributed by atoms with Crippen molar-refractivity contribution < 1.29 is 0 Å². The zero-order chi connectivity index (χ0) is 27.7. The van der Waals surface area contributed by atoms with Gasteiger partial charge in [0.15, 0.2) is 0 Å². The molecule has 0 spiro atoms. The molecule has 0 radical (unpaired) electrons. The Morgan fingerprint density at radius 2 is 1.07 bits per heavy atom. The van der Waals surface area contributed by atoms with Gasteiger partial charge in [0.1, 0.15) is 11.3 Å². The lowest BCUT2D eigenvalue weighted by molar-refractivity contribution is 1.19. The molecule has 0 unspecified atom stereocenters. The first kappa shape index (κ1) is 21.9. The Labute approximate surface area is 236 Å². The second kappa shape index (κ2) is 7.44. The Hall–Kier alpha value is -5.88. The molecule has 0 saturated carbocycles. The fourth-order valence-electron chi connectivity index (χ4n) is 7.03. The fourth-order valence-corrected chi connectivity index (χ4v) is 7.03. The van der Waals surface area contributed by atoms with Gasteiger partial charge in [0.25, 0.3) is 11.1 Å². The first-order valence-electron chi connectivity index (χ1n) is 13.9. The summed E-state index contributed by atoms with van der Waals surface area (Å²) >= 11 is 0. The fraction of sp³-hybridized carbons (Fsp3) is 0. The summed E-state index contributed by atoms with van der Waals surface area (Å²) in [6, 6.07) is 35.8. The molecule has 4 heterocycles. The van der Waals surface area contributed by atoms with Crippen molar-refractivity contribution in [3.8, 4) is 11.1 Å². The van der Waals surface area contributed by atoms with Crippen LogP contribution in [0.3, 0.4) is 0 Å². The molecule has 6 aromatic carbocycles. The van der Waals surface area contributed by atoms with Gasteiger partial charge in [0.2, 0.25) is 0 Å². The van der Waals surface area contributed by atoms with Crippen LogP contribution in [0.1, 0.15) is 0 Å². The van der Waals surface area contributed by atoms with Crippen molar-refractivity contribution in [3.63, 3.8) is 0 Å². The summed E-state index contributed by atoms with van der Waals surface area (Å²) < 4.78 is 3.45. The van der Waals surface area contributed by atoms with Crippen LogP contribution >= 0.6 is 0 Å². The summed E-state index contributed by atoms with van der Waals surface area (Å²) in [7, 11) is 0. The lowest BCUT2D eigenvalue weighted by Crippen LogP contribution is -2.13. The second-order valence-corrected chi connectivity index (χ2v) is 10.9. The highest BCUT2D eigenvalue weighted by molar-refractivity contribution is 6.21. The summed E-state index contributed by atoms with van der Waals surface area (Å²) in [4.78, 5) is 37.6. The number of imidazole rings is 2. The third-order valence-electron chi connectivity index (χ3n) is 8.80. The average molecular weight is 539 g/mol. The average Bonchev–Trinajstić information content (AvgIpc) is 3.62. The van der Waals surface area contributed by atoms with Gasteiger partial charge in [-0.05, 0) is 70.4 Å². The molecular formula is C36H18N4O2. The summed E-state index contributed by atoms with van der Waals surface area (Å²) in [6.07, 6.45) is 0. The molecule has 6 heteroatoms. The van der Waals surface area contributed by atoms with E-state index in [1.807, 2.05) is 78.9 Å². The van der Waals surface area contributed by atoms with E-state index < -0.39 is 0 Å². The third kappa shape index (κ3) is 2.55. The van der Waals surface area contributed by atoms with Gasteiger partial charge >= 0.3 is 0 Å². The van der Waals surface area contributed by atoms with Crippen molar-refractivity contribution in [1.29, 1.82) is 0 Å². The molecule has 0 saturated heterocycles. The Morgan fingerprint density at radius 1 is 0.476 bits per heavy atom. The first-order chi connectivity index (χ1) is 20.7.